The third kappa shape index (κ3) is 3.52. The van der Waals surface area contributed by atoms with Crippen LogP contribution in [0.1, 0.15) is 5.69 Å². The second kappa shape index (κ2) is 5.49. The number of thiazole rings is 1. The molecule has 2 aromatic rings. The van der Waals surface area contributed by atoms with Gasteiger partial charge in [0.15, 0.2) is 5.13 Å². The molecule has 0 aliphatic rings. The van der Waals surface area contributed by atoms with Gasteiger partial charge < -0.3 is 10.4 Å². The standard InChI is InChI=1S/C12H11N3O3S/c1-7-6-19-12(13-7)15-11(18)10(17)14-8-2-4-9(16)5-3-8/h2-6,16H,1H3,(H,14,17)(H,13,15,18). The summed E-state index contributed by atoms with van der Waals surface area (Å²) in [6.45, 7) is 1.79. The zero-order valence-electron chi connectivity index (χ0n) is 10.0. The number of nitrogens with one attached hydrogen (secondary N) is 2. The number of carbonyl (C=O) groups excluding carboxylic acids is 2. The highest BCUT2D eigenvalue weighted by Crippen LogP contribution is 2.15. The van der Waals surface area contributed by atoms with E-state index in [0.29, 0.717) is 10.8 Å². The fourth-order valence-electron chi connectivity index (χ4n) is 1.30. The molecule has 0 fully saturated rings. The Balaban J connectivity index is 1.96. The summed E-state index contributed by atoms with van der Waals surface area (Å²) in [7, 11) is 0. The average molecular weight is 277 g/mol. The monoisotopic (exact) mass is 277 g/mol. The lowest BCUT2D eigenvalue weighted by molar-refractivity contribution is -0.132. The molecular weight excluding hydrogens is 266 g/mol. The van der Waals surface area contributed by atoms with Gasteiger partial charge in [-0.15, -0.1) is 11.3 Å². The fourth-order valence-corrected chi connectivity index (χ4v) is 1.98. The number of anilines is 2. The summed E-state index contributed by atoms with van der Waals surface area (Å²) < 4.78 is 0. The number of aromatic hydroxyl groups is 1. The number of aryl methyl sites for hydroxylation is 1. The Kier molecular flexibility index (Phi) is 3.76. The summed E-state index contributed by atoms with van der Waals surface area (Å²) in [5, 5.41) is 16.1. The molecule has 0 saturated heterocycles. The Hall–Kier alpha value is -2.41. The van der Waals surface area contributed by atoms with Crippen LogP contribution in [-0.4, -0.2) is 21.9 Å². The number of benzene rings is 1. The van der Waals surface area contributed by atoms with Crippen LogP contribution in [0.25, 0.3) is 0 Å². The van der Waals surface area contributed by atoms with Gasteiger partial charge in [-0.2, -0.15) is 0 Å². The number of phenolic OH excluding ortho intramolecular Hbond substituents is 1. The van der Waals surface area contributed by atoms with E-state index in [2.05, 4.69) is 15.6 Å². The molecule has 19 heavy (non-hydrogen) atoms. The molecule has 0 spiro atoms. The molecule has 6 nitrogen and oxygen atoms in total. The summed E-state index contributed by atoms with van der Waals surface area (Å²) in [4.78, 5) is 27.2. The molecule has 1 aromatic heterocycles. The molecule has 2 amide bonds. The van der Waals surface area contributed by atoms with Crippen LogP contribution >= 0.6 is 11.3 Å². The first kappa shape index (κ1) is 13.0. The van der Waals surface area contributed by atoms with E-state index in [1.165, 1.54) is 35.6 Å². The van der Waals surface area contributed by atoms with Crippen molar-refractivity contribution in [1.82, 2.24) is 4.98 Å². The average Bonchev–Trinajstić information content (AvgIpc) is 2.77. The zero-order valence-corrected chi connectivity index (χ0v) is 10.8. The van der Waals surface area contributed by atoms with Crippen molar-refractivity contribution in [2.45, 2.75) is 6.92 Å². The highest BCUT2D eigenvalue weighted by Gasteiger charge is 2.15. The summed E-state index contributed by atoms with van der Waals surface area (Å²) in [6.07, 6.45) is 0. The van der Waals surface area contributed by atoms with Gasteiger partial charge in [0.2, 0.25) is 0 Å². The number of nitrogens with zero attached hydrogens (tertiary/aromatic N) is 1. The number of carbonyl (C=O) groups is 2. The highest BCUT2D eigenvalue weighted by molar-refractivity contribution is 7.14. The zero-order chi connectivity index (χ0) is 13.8. The Morgan fingerprint density at radius 1 is 1.16 bits per heavy atom. The van der Waals surface area contributed by atoms with Crippen molar-refractivity contribution in [2.24, 2.45) is 0 Å². The molecule has 1 heterocycles. The maximum atomic E-state index is 11.6. The quantitative estimate of drug-likeness (QED) is 0.576. The summed E-state index contributed by atoms with van der Waals surface area (Å²) in [5.74, 6) is -1.50. The van der Waals surface area contributed by atoms with Crippen molar-refractivity contribution in [3.63, 3.8) is 0 Å². The molecule has 0 radical (unpaired) electrons. The van der Waals surface area contributed by atoms with Crippen molar-refractivity contribution in [3.05, 3.63) is 35.3 Å². The lowest BCUT2D eigenvalue weighted by atomic mass is 10.3. The van der Waals surface area contributed by atoms with E-state index in [1.54, 1.807) is 12.3 Å². The minimum atomic E-state index is -0.793. The van der Waals surface area contributed by atoms with Gasteiger partial charge in [0, 0.05) is 11.1 Å². The van der Waals surface area contributed by atoms with Crippen LogP contribution in [-0.2, 0) is 9.59 Å². The molecule has 3 N–H and O–H groups in total. The SMILES string of the molecule is Cc1csc(NC(=O)C(=O)Nc2ccc(O)cc2)n1. The van der Waals surface area contributed by atoms with Gasteiger partial charge in [-0.3, -0.25) is 14.9 Å². The molecule has 1 aromatic carbocycles. The summed E-state index contributed by atoms with van der Waals surface area (Å²) >= 11 is 1.25. The number of rotatable bonds is 2. The lowest BCUT2D eigenvalue weighted by Gasteiger charge is -2.04. The van der Waals surface area contributed by atoms with Crippen molar-refractivity contribution < 1.29 is 14.7 Å². The number of hydrogen-bond donors (Lipinski definition) is 3. The van der Waals surface area contributed by atoms with Crippen LogP contribution in [0.2, 0.25) is 0 Å². The minimum Gasteiger partial charge on any atom is -0.508 e. The van der Waals surface area contributed by atoms with Crippen molar-refractivity contribution in [2.75, 3.05) is 10.6 Å². The lowest BCUT2D eigenvalue weighted by Crippen LogP contribution is -2.28. The van der Waals surface area contributed by atoms with Gasteiger partial charge in [-0.05, 0) is 31.2 Å². The van der Waals surface area contributed by atoms with Crippen molar-refractivity contribution >= 4 is 34.0 Å². The van der Waals surface area contributed by atoms with Crippen LogP contribution in [0.3, 0.4) is 0 Å². The largest absolute Gasteiger partial charge is 0.508 e. The predicted molar refractivity (Wildman–Crippen MR) is 72.2 cm³/mol. The maximum Gasteiger partial charge on any atom is 0.315 e. The molecule has 98 valence electrons. The molecule has 0 atom stereocenters. The third-order valence-electron chi connectivity index (χ3n) is 2.17. The van der Waals surface area contributed by atoms with E-state index in [-0.39, 0.29) is 5.75 Å². The number of aromatic nitrogens is 1. The van der Waals surface area contributed by atoms with Crippen LogP contribution in [0.4, 0.5) is 10.8 Å². The number of hydrogen-bond acceptors (Lipinski definition) is 5. The van der Waals surface area contributed by atoms with E-state index >= 15 is 0 Å². The Bertz CT molecular complexity index is 607. The molecule has 0 aliphatic heterocycles. The number of phenols is 1. The van der Waals surface area contributed by atoms with E-state index in [1.807, 2.05) is 0 Å². The Morgan fingerprint density at radius 2 is 1.79 bits per heavy atom. The van der Waals surface area contributed by atoms with Gasteiger partial charge >= 0.3 is 11.8 Å². The van der Waals surface area contributed by atoms with Crippen LogP contribution in [0, 0.1) is 6.92 Å². The summed E-state index contributed by atoms with van der Waals surface area (Å²) in [6, 6.07) is 5.82. The van der Waals surface area contributed by atoms with Gasteiger partial charge in [-0.1, -0.05) is 0 Å². The van der Waals surface area contributed by atoms with Gasteiger partial charge in [0.1, 0.15) is 5.75 Å². The predicted octanol–water partition coefficient (Wildman–Crippen LogP) is 1.73. The first-order chi connectivity index (χ1) is 9.04. The second-order valence-electron chi connectivity index (χ2n) is 3.75. The second-order valence-corrected chi connectivity index (χ2v) is 4.61. The topological polar surface area (TPSA) is 91.3 Å². The smallest absolute Gasteiger partial charge is 0.315 e. The van der Waals surface area contributed by atoms with Crippen LogP contribution < -0.4 is 10.6 Å². The molecule has 7 heteroatoms. The molecular formula is C12H11N3O3S. The Morgan fingerprint density at radius 3 is 2.37 bits per heavy atom. The maximum absolute atomic E-state index is 11.6. The Labute approximate surface area is 113 Å². The third-order valence-corrected chi connectivity index (χ3v) is 3.05. The van der Waals surface area contributed by atoms with Crippen molar-refractivity contribution in [3.8, 4) is 5.75 Å². The van der Waals surface area contributed by atoms with Gasteiger partial charge in [0.25, 0.3) is 0 Å². The molecule has 0 unspecified atom stereocenters. The highest BCUT2D eigenvalue weighted by atomic mass is 32.1. The molecule has 0 saturated carbocycles. The van der Waals surface area contributed by atoms with E-state index < -0.39 is 11.8 Å². The van der Waals surface area contributed by atoms with E-state index in [9.17, 15) is 9.59 Å². The van der Waals surface area contributed by atoms with Gasteiger partial charge in [-0.25, -0.2) is 4.98 Å². The molecule has 0 aliphatic carbocycles. The molecule has 0 bridgehead atoms. The minimum absolute atomic E-state index is 0.0840. The molecule has 2 rings (SSSR count). The van der Waals surface area contributed by atoms with E-state index in [4.69, 9.17) is 5.11 Å². The normalized spacial score (nSPS) is 9.95. The first-order valence-electron chi connectivity index (χ1n) is 5.38. The van der Waals surface area contributed by atoms with Gasteiger partial charge in [0.05, 0.1) is 5.69 Å². The fraction of sp³-hybridized carbons (Fsp3) is 0.0833. The van der Waals surface area contributed by atoms with Crippen LogP contribution in [0.5, 0.6) is 5.75 Å². The first-order valence-corrected chi connectivity index (χ1v) is 6.26. The van der Waals surface area contributed by atoms with Crippen LogP contribution in [0.15, 0.2) is 29.6 Å². The number of amides is 2. The van der Waals surface area contributed by atoms with Crippen molar-refractivity contribution in [1.29, 1.82) is 0 Å². The van der Waals surface area contributed by atoms with E-state index in [0.717, 1.165) is 5.69 Å². The summed E-state index contributed by atoms with van der Waals surface area (Å²) in [5.41, 5.74) is 1.20.